The summed E-state index contributed by atoms with van der Waals surface area (Å²) in [5.41, 5.74) is -1.14. The van der Waals surface area contributed by atoms with Gasteiger partial charge >= 0.3 is 0 Å². The summed E-state index contributed by atoms with van der Waals surface area (Å²) in [6.45, 7) is 9.70. The Morgan fingerprint density at radius 2 is 1.71 bits per heavy atom. The van der Waals surface area contributed by atoms with Gasteiger partial charge in [0.2, 0.25) is 0 Å². The molecule has 164 valence electrons. The number of carbonyl (C=O) groups excluding carboxylic acids is 2. The summed E-state index contributed by atoms with van der Waals surface area (Å²) in [5, 5.41) is 0. The Labute approximate surface area is 173 Å². The number of ketones is 2. The zero-order valence-electron chi connectivity index (χ0n) is 18.2. The smallest absolute Gasteiger partial charge is 0.277 e. The van der Waals surface area contributed by atoms with Gasteiger partial charge < -0.3 is 0 Å². The molecule has 0 N–H and O–H groups in total. The molecule has 0 aliphatic heterocycles. The fourth-order valence-electron chi connectivity index (χ4n) is 5.18. The zero-order valence-corrected chi connectivity index (χ0v) is 19.8. The Bertz CT molecular complexity index is 690. The lowest BCUT2D eigenvalue weighted by molar-refractivity contribution is -0.128. The normalized spacial score (nSPS) is 27.3. The second kappa shape index (κ2) is 8.76. The van der Waals surface area contributed by atoms with Gasteiger partial charge in [0, 0.05) is 17.9 Å². The summed E-state index contributed by atoms with van der Waals surface area (Å²) in [4.78, 5) is 24.8. The predicted octanol–water partition coefficient (Wildman–Crippen LogP) is 4.64. The molecule has 0 aromatic heterocycles. The van der Waals surface area contributed by atoms with Gasteiger partial charge in [0.1, 0.15) is 11.6 Å². The minimum atomic E-state index is -3.91. The lowest BCUT2D eigenvalue weighted by Gasteiger charge is -2.40. The number of fused-ring (bicyclic) bond motifs is 2. The Morgan fingerprint density at radius 3 is 2.11 bits per heavy atom. The number of carbonyl (C=O) groups is 2. The van der Waals surface area contributed by atoms with Crippen LogP contribution in [0.4, 0.5) is 0 Å². The molecule has 0 amide bonds. The van der Waals surface area contributed by atoms with Crippen LogP contribution in [0.5, 0.6) is 0 Å². The Hall–Kier alpha value is -0.400. The van der Waals surface area contributed by atoms with Gasteiger partial charge in [-0.2, -0.15) is 8.42 Å². The maximum atomic E-state index is 13.3. The van der Waals surface area contributed by atoms with Crippen molar-refractivity contribution < 1.29 is 21.6 Å². The van der Waals surface area contributed by atoms with E-state index in [1.165, 1.54) is 6.92 Å². The average Bonchev–Trinajstić information content (AvgIpc) is 2.91. The van der Waals surface area contributed by atoms with Crippen LogP contribution in [0.15, 0.2) is 0 Å². The van der Waals surface area contributed by atoms with Gasteiger partial charge in [0.05, 0.1) is 16.9 Å². The molecule has 0 radical (unpaired) electrons. The summed E-state index contributed by atoms with van der Waals surface area (Å²) in [6.07, 6.45) is 5.58. The van der Waals surface area contributed by atoms with Crippen molar-refractivity contribution in [2.45, 2.75) is 79.6 Å². The largest absolute Gasteiger partial charge is 0.299 e. The number of unbranched alkanes of at least 4 members (excludes halogenated alkanes) is 2. The van der Waals surface area contributed by atoms with Gasteiger partial charge in [-0.3, -0.25) is 9.59 Å². The summed E-state index contributed by atoms with van der Waals surface area (Å²) in [6, 6.07) is 0. The van der Waals surface area contributed by atoms with Crippen LogP contribution in [-0.2, 0) is 23.3 Å². The average molecular weight is 435 g/mol. The first-order valence-electron chi connectivity index (χ1n) is 10.7. The van der Waals surface area contributed by atoms with Crippen molar-refractivity contribution in [3.63, 3.8) is 0 Å². The molecule has 2 fully saturated rings. The molecule has 2 aliphatic carbocycles. The fourth-order valence-corrected chi connectivity index (χ4v) is 12.0. The number of rotatable bonds is 12. The molecule has 0 saturated heterocycles. The highest BCUT2D eigenvalue weighted by molar-refractivity contribution is 8.33. The monoisotopic (exact) mass is 434 g/mol. The van der Waals surface area contributed by atoms with Gasteiger partial charge in [0.15, 0.2) is 0 Å². The minimum absolute atomic E-state index is 0.0197. The molecule has 0 heterocycles. The third-order valence-electron chi connectivity index (χ3n) is 7.02. The molecule has 7 heteroatoms. The maximum absolute atomic E-state index is 13.3. The molecule has 2 rings (SSSR count). The van der Waals surface area contributed by atoms with E-state index >= 15 is 0 Å². The molecule has 2 aliphatic rings. The van der Waals surface area contributed by atoms with Crippen molar-refractivity contribution in [2.75, 3.05) is 23.0 Å². The fraction of sp³-hybridized carbons (Fsp3) is 0.905. The van der Waals surface area contributed by atoms with Crippen LogP contribution in [-0.4, -0.2) is 43.0 Å². The number of hydrogen-bond donors (Lipinski definition) is 0. The highest BCUT2D eigenvalue weighted by Crippen LogP contribution is 2.65. The first-order valence-corrected chi connectivity index (χ1v) is 14.3. The van der Waals surface area contributed by atoms with Crippen LogP contribution in [0.3, 0.4) is 0 Å². The van der Waals surface area contributed by atoms with E-state index < -0.39 is 25.8 Å². The molecular formula is C21H38O5S2. The van der Waals surface area contributed by atoms with Crippen LogP contribution < -0.4 is 0 Å². The van der Waals surface area contributed by atoms with Crippen molar-refractivity contribution in [2.24, 2.45) is 16.7 Å². The third-order valence-corrected chi connectivity index (χ3v) is 12.8. The van der Waals surface area contributed by atoms with Crippen molar-refractivity contribution in [1.29, 1.82) is 0 Å². The molecule has 2 unspecified atom stereocenters. The van der Waals surface area contributed by atoms with Crippen LogP contribution in [0, 0.1) is 16.7 Å². The summed E-state index contributed by atoms with van der Waals surface area (Å²) < 4.78 is 32.5. The Balaban J connectivity index is 2.30. The van der Waals surface area contributed by atoms with E-state index in [-0.39, 0.29) is 34.4 Å². The number of hydrogen-bond acceptors (Lipinski definition) is 5. The molecule has 2 saturated carbocycles. The summed E-state index contributed by atoms with van der Waals surface area (Å²) in [7, 11) is -5.96. The van der Waals surface area contributed by atoms with Crippen LogP contribution in [0.2, 0.25) is 0 Å². The molecule has 0 aromatic carbocycles. The Morgan fingerprint density at radius 1 is 1.14 bits per heavy atom. The van der Waals surface area contributed by atoms with Crippen LogP contribution >= 0.6 is 10.3 Å². The van der Waals surface area contributed by atoms with Crippen molar-refractivity contribution in [3.05, 3.63) is 0 Å². The zero-order chi connectivity index (χ0) is 21.2. The minimum Gasteiger partial charge on any atom is -0.299 e. The molecule has 28 heavy (non-hydrogen) atoms. The second-order valence-electron chi connectivity index (χ2n) is 9.36. The van der Waals surface area contributed by atoms with E-state index in [2.05, 4.69) is 13.8 Å². The van der Waals surface area contributed by atoms with E-state index in [9.17, 15) is 18.0 Å². The molecule has 0 aromatic rings. The molecule has 5 nitrogen and oxygen atoms in total. The molecule has 2 bridgehead atoms. The highest BCUT2D eigenvalue weighted by Gasteiger charge is 2.65. The van der Waals surface area contributed by atoms with Gasteiger partial charge in [-0.15, -0.1) is 10.3 Å². The van der Waals surface area contributed by atoms with E-state index in [4.69, 9.17) is 3.63 Å². The van der Waals surface area contributed by atoms with E-state index in [1.54, 1.807) is 0 Å². The quantitative estimate of drug-likeness (QED) is 0.447. The van der Waals surface area contributed by atoms with Gasteiger partial charge in [-0.05, 0) is 43.9 Å². The first-order chi connectivity index (χ1) is 12.9. The van der Waals surface area contributed by atoms with E-state index in [0.717, 1.165) is 32.1 Å². The van der Waals surface area contributed by atoms with Crippen molar-refractivity contribution >= 4 is 32.0 Å². The third kappa shape index (κ3) is 4.67. The van der Waals surface area contributed by atoms with Crippen LogP contribution in [0.1, 0.15) is 79.6 Å². The topological polar surface area (TPSA) is 77.5 Å². The van der Waals surface area contributed by atoms with Gasteiger partial charge in [-0.25, -0.2) is 3.63 Å². The molecule has 2 atom stereocenters. The summed E-state index contributed by atoms with van der Waals surface area (Å²) in [5.74, 6) is 1.56. The highest BCUT2D eigenvalue weighted by atomic mass is 32.3. The standard InChI is InChI=1S/C21H38O5S2/c1-6-8-12-27(13-9-7-2,15-17(3)22)26-28(24,25)16-21-11-10-18(14-19(21)23)20(21,4)5/h18H,6-16H2,1-5H3. The lowest BCUT2D eigenvalue weighted by atomic mass is 9.70. The Kier molecular flexibility index (Phi) is 7.47. The number of Topliss-reactive ketones (excluding diaryl/α,β-unsaturated/α-hetero) is 2. The SMILES string of the molecule is CCCCS(CCCC)(CC(C)=O)OS(=O)(=O)CC12CCC(CC1=O)C2(C)C. The van der Waals surface area contributed by atoms with Gasteiger partial charge in [-0.1, -0.05) is 40.5 Å². The van der Waals surface area contributed by atoms with Gasteiger partial charge in [0.25, 0.3) is 10.1 Å². The van der Waals surface area contributed by atoms with Crippen molar-refractivity contribution in [1.82, 2.24) is 0 Å². The lowest BCUT2D eigenvalue weighted by Crippen LogP contribution is -2.43. The summed E-state index contributed by atoms with van der Waals surface area (Å²) >= 11 is 0. The van der Waals surface area contributed by atoms with Crippen LogP contribution in [0.25, 0.3) is 0 Å². The maximum Gasteiger partial charge on any atom is 0.277 e. The van der Waals surface area contributed by atoms with E-state index in [1.807, 2.05) is 13.8 Å². The predicted molar refractivity (Wildman–Crippen MR) is 116 cm³/mol. The molecular weight excluding hydrogens is 396 g/mol. The van der Waals surface area contributed by atoms with Crippen molar-refractivity contribution in [3.8, 4) is 0 Å². The second-order valence-corrected chi connectivity index (χ2v) is 14.3. The first kappa shape index (κ1) is 23.9. The van der Waals surface area contributed by atoms with E-state index in [0.29, 0.717) is 24.3 Å². The molecule has 0 spiro atoms.